The van der Waals surface area contributed by atoms with Gasteiger partial charge in [0.2, 0.25) is 5.91 Å². The smallest absolute Gasteiger partial charge is 0.268 e. The number of benzene rings is 2. The van der Waals surface area contributed by atoms with Crippen molar-refractivity contribution in [2.75, 3.05) is 31.6 Å². The van der Waals surface area contributed by atoms with Crippen LogP contribution < -0.4 is 14.4 Å². The molecule has 2 aromatic rings. The number of aryl methyl sites for hydroxylation is 1. The lowest BCUT2D eigenvalue weighted by atomic mass is 10.2. The Bertz CT molecular complexity index is 836. The van der Waals surface area contributed by atoms with Gasteiger partial charge in [0.25, 0.3) is 5.91 Å². The third-order valence-corrected chi connectivity index (χ3v) is 4.48. The van der Waals surface area contributed by atoms with Crippen molar-refractivity contribution >= 4 is 17.5 Å². The van der Waals surface area contributed by atoms with Crippen LogP contribution in [0.3, 0.4) is 0 Å². The van der Waals surface area contributed by atoms with E-state index < -0.39 is 6.10 Å². The predicted octanol–water partition coefficient (Wildman–Crippen LogP) is 2.65. The summed E-state index contributed by atoms with van der Waals surface area (Å²) in [7, 11) is 1.71. The van der Waals surface area contributed by atoms with Gasteiger partial charge in [0, 0.05) is 7.05 Å². The molecule has 27 heavy (non-hydrogen) atoms. The first-order chi connectivity index (χ1) is 13.0. The van der Waals surface area contributed by atoms with E-state index in [1.165, 1.54) is 4.90 Å². The lowest BCUT2D eigenvalue weighted by molar-refractivity contribution is -0.132. The maximum Gasteiger partial charge on any atom is 0.268 e. The zero-order valence-corrected chi connectivity index (χ0v) is 15.8. The Morgan fingerprint density at radius 3 is 2.78 bits per heavy atom. The van der Waals surface area contributed by atoms with Crippen LogP contribution in [-0.2, 0) is 9.59 Å². The molecule has 0 bridgehead atoms. The molecule has 0 saturated heterocycles. The van der Waals surface area contributed by atoms with Crippen LogP contribution in [0.4, 0.5) is 5.69 Å². The highest BCUT2D eigenvalue weighted by Crippen LogP contribution is 2.33. The monoisotopic (exact) mass is 368 g/mol. The molecule has 0 saturated carbocycles. The minimum Gasteiger partial charge on any atom is -0.492 e. The Morgan fingerprint density at radius 1 is 1.22 bits per heavy atom. The summed E-state index contributed by atoms with van der Waals surface area (Å²) in [5.74, 6) is 1.02. The summed E-state index contributed by atoms with van der Waals surface area (Å²) in [4.78, 5) is 28.2. The summed E-state index contributed by atoms with van der Waals surface area (Å²) in [6.07, 6.45) is -0.609. The van der Waals surface area contributed by atoms with Gasteiger partial charge in [-0.15, -0.1) is 0 Å². The summed E-state index contributed by atoms with van der Waals surface area (Å²) < 4.78 is 11.3. The predicted molar refractivity (Wildman–Crippen MR) is 103 cm³/mol. The molecule has 0 aromatic heterocycles. The topological polar surface area (TPSA) is 59.1 Å². The third kappa shape index (κ3) is 4.39. The second-order valence-electron chi connectivity index (χ2n) is 6.63. The van der Waals surface area contributed by atoms with E-state index >= 15 is 0 Å². The normalized spacial score (nSPS) is 15.7. The number of nitrogens with zero attached hydrogens (tertiary/aromatic N) is 2. The summed E-state index contributed by atoms with van der Waals surface area (Å²) in [5.41, 5.74) is 1.74. The number of hydrogen-bond acceptors (Lipinski definition) is 4. The number of para-hydroxylation sites is 2. The molecule has 3 rings (SSSR count). The molecule has 1 atom stereocenters. The van der Waals surface area contributed by atoms with Gasteiger partial charge in [-0.1, -0.05) is 24.3 Å². The number of ether oxygens (including phenoxy) is 2. The van der Waals surface area contributed by atoms with E-state index in [1.54, 1.807) is 31.0 Å². The minimum absolute atomic E-state index is 0.0233. The number of rotatable bonds is 6. The molecule has 0 aliphatic carbocycles. The van der Waals surface area contributed by atoms with E-state index in [1.807, 2.05) is 43.3 Å². The van der Waals surface area contributed by atoms with E-state index in [2.05, 4.69) is 0 Å². The van der Waals surface area contributed by atoms with E-state index in [0.29, 0.717) is 24.6 Å². The largest absolute Gasteiger partial charge is 0.492 e. The third-order valence-electron chi connectivity index (χ3n) is 4.48. The van der Waals surface area contributed by atoms with Crippen LogP contribution in [-0.4, -0.2) is 49.6 Å². The molecule has 0 radical (unpaired) electrons. The fourth-order valence-corrected chi connectivity index (χ4v) is 2.91. The van der Waals surface area contributed by atoms with Gasteiger partial charge >= 0.3 is 0 Å². The van der Waals surface area contributed by atoms with E-state index in [-0.39, 0.29) is 18.4 Å². The zero-order chi connectivity index (χ0) is 19.4. The van der Waals surface area contributed by atoms with Crippen LogP contribution in [0.1, 0.15) is 12.5 Å². The van der Waals surface area contributed by atoms with Gasteiger partial charge in [-0.05, 0) is 43.7 Å². The molecule has 6 heteroatoms. The SMILES string of the molecule is Cc1cccc(OCCN(C)C(=O)CN2C(=O)C(C)Oc3ccccc32)c1. The van der Waals surface area contributed by atoms with Gasteiger partial charge in [0.1, 0.15) is 24.7 Å². The van der Waals surface area contributed by atoms with Gasteiger partial charge in [-0.3, -0.25) is 14.5 Å². The average Bonchev–Trinajstić information content (AvgIpc) is 2.65. The Labute approximate surface area is 159 Å². The molecule has 1 heterocycles. The van der Waals surface area contributed by atoms with Crippen LogP contribution in [0.25, 0.3) is 0 Å². The Hall–Kier alpha value is -3.02. The number of likely N-dealkylation sites (N-methyl/N-ethyl adjacent to an activating group) is 1. The van der Waals surface area contributed by atoms with E-state index in [0.717, 1.165) is 11.3 Å². The van der Waals surface area contributed by atoms with Crippen LogP contribution in [0.2, 0.25) is 0 Å². The average molecular weight is 368 g/mol. The van der Waals surface area contributed by atoms with Gasteiger partial charge in [0.15, 0.2) is 6.10 Å². The number of amides is 2. The fourth-order valence-electron chi connectivity index (χ4n) is 2.91. The zero-order valence-electron chi connectivity index (χ0n) is 15.8. The number of fused-ring (bicyclic) bond motifs is 1. The first kappa shape index (κ1) is 18.8. The standard InChI is InChI=1S/C21H24N2O4/c1-15-7-6-8-17(13-15)26-12-11-22(3)20(24)14-23-18-9-4-5-10-19(18)27-16(2)21(23)25/h4-10,13,16H,11-12,14H2,1-3H3. The van der Waals surface area contributed by atoms with Crippen molar-refractivity contribution < 1.29 is 19.1 Å². The molecular formula is C21H24N2O4. The fraction of sp³-hybridized carbons (Fsp3) is 0.333. The Morgan fingerprint density at radius 2 is 2.00 bits per heavy atom. The highest BCUT2D eigenvalue weighted by Gasteiger charge is 2.32. The highest BCUT2D eigenvalue weighted by molar-refractivity contribution is 6.03. The molecule has 2 aromatic carbocycles. The van der Waals surface area contributed by atoms with Crippen molar-refractivity contribution in [2.45, 2.75) is 20.0 Å². The molecule has 1 aliphatic heterocycles. The molecule has 0 fully saturated rings. The van der Waals surface area contributed by atoms with Gasteiger partial charge in [-0.25, -0.2) is 0 Å². The molecule has 142 valence electrons. The maximum absolute atomic E-state index is 12.6. The van der Waals surface area contributed by atoms with Crippen molar-refractivity contribution in [1.82, 2.24) is 4.90 Å². The lowest BCUT2D eigenvalue weighted by Gasteiger charge is -2.33. The Balaban J connectivity index is 1.58. The lowest BCUT2D eigenvalue weighted by Crippen LogP contribution is -2.49. The van der Waals surface area contributed by atoms with Gasteiger partial charge in [0.05, 0.1) is 12.2 Å². The van der Waals surface area contributed by atoms with Crippen LogP contribution in [0, 0.1) is 6.92 Å². The summed E-state index contributed by atoms with van der Waals surface area (Å²) >= 11 is 0. The molecule has 6 nitrogen and oxygen atoms in total. The molecule has 0 N–H and O–H groups in total. The number of carbonyl (C=O) groups excluding carboxylic acids is 2. The highest BCUT2D eigenvalue weighted by atomic mass is 16.5. The van der Waals surface area contributed by atoms with Crippen LogP contribution in [0.15, 0.2) is 48.5 Å². The first-order valence-electron chi connectivity index (χ1n) is 8.96. The summed E-state index contributed by atoms with van der Waals surface area (Å²) in [5, 5.41) is 0. The minimum atomic E-state index is -0.609. The molecule has 2 amide bonds. The molecular weight excluding hydrogens is 344 g/mol. The van der Waals surface area contributed by atoms with Crippen LogP contribution in [0.5, 0.6) is 11.5 Å². The van der Waals surface area contributed by atoms with E-state index in [4.69, 9.17) is 9.47 Å². The summed E-state index contributed by atoms with van der Waals surface area (Å²) in [6.45, 7) is 4.48. The second kappa shape index (κ2) is 8.12. The molecule has 1 unspecified atom stereocenters. The van der Waals surface area contributed by atoms with Crippen molar-refractivity contribution in [1.29, 1.82) is 0 Å². The molecule has 1 aliphatic rings. The van der Waals surface area contributed by atoms with Gasteiger partial charge < -0.3 is 14.4 Å². The van der Waals surface area contributed by atoms with Crippen molar-refractivity contribution in [3.8, 4) is 11.5 Å². The van der Waals surface area contributed by atoms with Crippen molar-refractivity contribution in [3.05, 3.63) is 54.1 Å². The van der Waals surface area contributed by atoms with Crippen molar-refractivity contribution in [3.63, 3.8) is 0 Å². The van der Waals surface area contributed by atoms with Crippen molar-refractivity contribution in [2.24, 2.45) is 0 Å². The maximum atomic E-state index is 12.6. The first-order valence-corrected chi connectivity index (χ1v) is 8.96. The second-order valence-corrected chi connectivity index (χ2v) is 6.63. The van der Waals surface area contributed by atoms with Gasteiger partial charge in [-0.2, -0.15) is 0 Å². The van der Waals surface area contributed by atoms with Crippen LogP contribution >= 0.6 is 0 Å². The summed E-state index contributed by atoms with van der Waals surface area (Å²) in [6, 6.07) is 15.0. The number of anilines is 1. The number of hydrogen-bond donors (Lipinski definition) is 0. The quantitative estimate of drug-likeness (QED) is 0.787. The van der Waals surface area contributed by atoms with E-state index in [9.17, 15) is 9.59 Å². The molecule has 0 spiro atoms. The Kier molecular flexibility index (Phi) is 5.64. The number of carbonyl (C=O) groups is 2.